The maximum atomic E-state index is 5.31. The van der Waals surface area contributed by atoms with Crippen molar-refractivity contribution in [3.05, 3.63) is 10.6 Å². The third-order valence-corrected chi connectivity index (χ3v) is 5.34. The highest BCUT2D eigenvalue weighted by atomic mass is 32.1. The van der Waals surface area contributed by atoms with Crippen molar-refractivity contribution in [2.24, 2.45) is 5.92 Å². The molecule has 1 aromatic rings. The molecule has 5 heteroatoms. The largest absolute Gasteiger partial charge is 0.378 e. The predicted octanol–water partition coefficient (Wildman–Crippen LogP) is 3.41. The van der Waals surface area contributed by atoms with Gasteiger partial charge in [0.1, 0.15) is 0 Å². The summed E-state index contributed by atoms with van der Waals surface area (Å²) in [5.74, 6) is 0.904. The Hall–Kier alpha value is -0.650. The third kappa shape index (κ3) is 4.66. The van der Waals surface area contributed by atoms with Crippen LogP contribution in [0.25, 0.3) is 0 Å². The summed E-state index contributed by atoms with van der Waals surface area (Å²) in [7, 11) is 1.74. The van der Waals surface area contributed by atoms with E-state index >= 15 is 0 Å². The van der Waals surface area contributed by atoms with Gasteiger partial charge in [-0.2, -0.15) is 0 Å². The lowest BCUT2D eigenvalue weighted by Gasteiger charge is -2.31. The Balaban J connectivity index is 2.04. The molecule has 2 rings (SSSR count). The van der Waals surface area contributed by atoms with E-state index < -0.39 is 0 Å². The lowest BCUT2D eigenvalue weighted by molar-refractivity contribution is 0.181. The lowest BCUT2D eigenvalue weighted by atomic mass is 9.95. The average molecular weight is 311 g/mol. The summed E-state index contributed by atoms with van der Waals surface area (Å²) in [5.41, 5.74) is 1.10. The van der Waals surface area contributed by atoms with Crippen LogP contribution in [0.15, 0.2) is 0 Å². The first-order valence-electron chi connectivity index (χ1n) is 8.09. The molecule has 1 saturated heterocycles. The Morgan fingerprint density at radius 1 is 1.38 bits per heavy atom. The molecule has 1 aromatic heterocycles. The number of anilines is 1. The van der Waals surface area contributed by atoms with E-state index in [-0.39, 0.29) is 0 Å². The minimum atomic E-state index is 0.492. The molecule has 21 heavy (non-hydrogen) atoms. The molecule has 0 atom stereocenters. The first-order valence-corrected chi connectivity index (χ1v) is 8.91. The molecule has 4 nitrogen and oxygen atoms in total. The Labute approximate surface area is 132 Å². The average Bonchev–Trinajstić information content (AvgIpc) is 2.89. The van der Waals surface area contributed by atoms with Gasteiger partial charge in [-0.05, 0) is 18.8 Å². The highest BCUT2D eigenvalue weighted by molar-refractivity contribution is 7.15. The summed E-state index contributed by atoms with van der Waals surface area (Å²) in [4.78, 5) is 8.60. The van der Waals surface area contributed by atoms with E-state index in [4.69, 9.17) is 9.72 Å². The quantitative estimate of drug-likeness (QED) is 0.837. The second-order valence-corrected chi connectivity index (χ2v) is 7.24. The summed E-state index contributed by atoms with van der Waals surface area (Å²) in [5, 5.41) is 4.67. The first kappa shape index (κ1) is 16.7. The Morgan fingerprint density at radius 3 is 2.67 bits per heavy atom. The third-order valence-electron chi connectivity index (χ3n) is 4.18. The minimum absolute atomic E-state index is 0.492. The van der Waals surface area contributed by atoms with Gasteiger partial charge in [-0.3, -0.25) is 0 Å². The number of hydrogen-bond acceptors (Lipinski definition) is 5. The Morgan fingerprint density at radius 2 is 2.10 bits per heavy atom. The van der Waals surface area contributed by atoms with E-state index in [1.54, 1.807) is 7.11 Å². The number of rotatable bonds is 7. The Bertz CT molecular complexity index is 425. The molecule has 0 bridgehead atoms. The van der Waals surface area contributed by atoms with Gasteiger partial charge >= 0.3 is 0 Å². The number of ether oxygens (including phenoxy) is 1. The minimum Gasteiger partial charge on any atom is -0.378 e. The van der Waals surface area contributed by atoms with Crippen LogP contribution in [0.2, 0.25) is 0 Å². The van der Waals surface area contributed by atoms with E-state index in [2.05, 4.69) is 31.0 Å². The normalized spacial score (nSPS) is 16.9. The van der Waals surface area contributed by atoms with E-state index in [0.717, 1.165) is 31.2 Å². The monoisotopic (exact) mass is 311 g/mol. The topological polar surface area (TPSA) is 37.4 Å². The van der Waals surface area contributed by atoms with Crippen molar-refractivity contribution < 1.29 is 4.74 Å². The van der Waals surface area contributed by atoms with Crippen LogP contribution in [0.4, 0.5) is 5.13 Å². The summed E-state index contributed by atoms with van der Waals surface area (Å²) < 4.78 is 5.31. The van der Waals surface area contributed by atoms with Crippen LogP contribution < -0.4 is 10.2 Å². The second kappa shape index (κ2) is 8.11. The smallest absolute Gasteiger partial charge is 0.185 e. The lowest BCUT2D eigenvalue weighted by Crippen LogP contribution is -2.33. The van der Waals surface area contributed by atoms with E-state index in [9.17, 15) is 0 Å². The fraction of sp³-hybridized carbons (Fsp3) is 0.812. The zero-order chi connectivity index (χ0) is 15.2. The molecule has 0 radical (unpaired) electrons. The van der Waals surface area contributed by atoms with Crippen molar-refractivity contribution in [3.63, 3.8) is 0 Å². The fourth-order valence-corrected chi connectivity index (χ4v) is 3.79. The van der Waals surface area contributed by atoms with Gasteiger partial charge < -0.3 is 15.0 Å². The molecule has 0 saturated carbocycles. The number of hydrogen-bond donors (Lipinski definition) is 1. The van der Waals surface area contributed by atoms with Crippen LogP contribution in [0.1, 0.15) is 50.6 Å². The zero-order valence-corrected chi connectivity index (χ0v) is 14.6. The highest BCUT2D eigenvalue weighted by Gasteiger charge is 2.22. The molecule has 0 unspecified atom stereocenters. The molecule has 0 aliphatic carbocycles. The molecule has 2 heterocycles. The molecule has 0 aromatic carbocycles. The van der Waals surface area contributed by atoms with Crippen molar-refractivity contribution >= 4 is 16.5 Å². The molecular formula is C16H29N3OS. The van der Waals surface area contributed by atoms with Gasteiger partial charge in [-0.25, -0.2) is 4.98 Å². The van der Waals surface area contributed by atoms with Crippen LogP contribution in [0.5, 0.6) is 0 Å². The van der Waals surface area contributed by atoms with Crippen molar-refractivity contribution in [3.8, 4) is 0 Å². The number of nitrogens with one attached hydrogen (secondary N) is 1. The highest BCUT2D eigenvalue weighted by Crippen LogP contribution is 2.31. The van der Waals surface area contributed by atoms with Crippen molar-refractivity contribution in [2.75, 3.05) is 25.1 Å². The van der Waals surface area contributed by atoms with Crippen LogP contribution in [0.3, 0.4) is 0 Å². The number of aromatic nitrogens is 1. The van der Waals surface area contributed by atoms with Gasteiger partial charge in [-0.15, -0.1) is 11.3 Å². The maximum absolute atomic E-state index is 5.31. The van der Waals surface area contributed by atoms with Crippen molar-refractivity contribution in [2.45, 2.75) is 59.2 Å². The van der Waals surface area contributed by atoms with Crippen molar-refractivity contribution in [1.82, 2.24) is 10.3 Å². The summed E-state index contributed by atoms with van der Waals surface area (Å²) in [6.07, 6.45) is 3.91. The standard InChI is InChI=1S/C16H29N3OS/c1-5-13-6-8-19(9-7-13)16-18-14(11-20-4)15(21-16)10-17-12(2)3/h12-13,17H,5-11H2,1-4H3. The zero-order valence-electron chi connectivity index (χ0n) is 13.8. The number of thiazole rings is 1. The molecular weight excluding hydrogens is 282 g/mol. The predicted molar refractivity (Wildman–Crippen MR) is 90.0 cm³/mol. The summed E-state index contributed by atoms with van der Waals surface area (Å²) in [6, 6.07) is 0.492. The van der Waals surface area contributed by atoms with Crippen LogP contribution in [0, 0.1) is 5.92 Å². The van der Waals surface area contributed by atoms with Gasteiger partial charge in [0, 0.05) is 37.7 Å². The fourth-order valence-electron chi connectivity index (χ4n) is 2.72. The second-order valence-electron chi connectivity index (χ2n) is 6.17. The SMILES string of the molecule is CCC1CCN(c2nc(COC)c(CNC(C)C)s2)CC1. The first-order chi connectivity index (χ1) is 10.1. The number of methoxy groups -OCH3 is 1. The van der Waals surface area contributed by atoms with Gasteiger partial charge in [0.2, 0.25) is 0 Å². The molecule has 120 valence electrons. The molecule has 1 fully saturated rings. The van der Waals surface area contributed by atoms with Gasteiger partial charge in [-0.1, -0.05) is 27.2 Å². The molecule has 1 N–H and O–H groups in total. The van der Waals surface area contributed by atoms with Gasteiger partial charge in [0.05, 0.1) is 12.3 Å². The van der Waals surface area contributed by atoms with E-state index in [0.29, 0.717) is 12.6 Å². The van der Waals surface area contributed by atoms with Crippen LogP contribution in [-0.4, -0.2) is 31.2 Å². The summed E-state index contributed by atoms with van der Waals surface area (Å²) in [6.45, 7) is 10.4. The summed E-state index contributed by atoms with van der Waals surface area (Å²) >= 11 is 1.83. The number of piperidine rings is 1. The van der Waals surface area contributed by atoms with Gasteiger partial charge in [0.15, 0.2) is 5.13 Å². The van der Waals surface area contributed by atoms with Crippen LogP contribution >= 0.6 is 11.3 Å². The maximum Gasteiger partial charge on any atom is 0.185 e. The van der Waals surface area contributed by atoms with Crippen molar-refractivity contribution in [1.29, 1.82) is 0 Å². The molecule has 1 aliphatic rings. The van der Waals surface area contributed by atoms with Crippen LogP contribution in [-0.2, 0) is 17.9 Å². The molecule has 0 spiro atoms. The van der Waals surface area contributed by atoms with Gasteiger partial charge in [0.25, 0.3) is 0 Å². The Kier molecular flexibility index (Phi) is 6.45. The molecule has 1 aliphatic heterocycles. The van der Waals surface area contributed by atoms with E-state index in [1.807, 2.05) is 11.3 Å². The molecule has 0 amide bonds. The van der Waals surface area contributed by atoms with E-state index in [1.165, 1.54) is 29.3 Å². The number of nitrogens with zero attached hydrogens (tertiary/aromatic N) is 2.